The van der Waals surface area contributed by atoms with Crippen LogP contribution in [0, 0.1) is 0 Å². The highest BCUT2D eigenvalue weighted by atomic mass is 16.7. The Labute approximate surface area is 198 Å². The molecule has 1 amide bonds. The summed E-state index contributed by atoms with van der Waals surface area (Å²) in [5.74, 6) is 0.499. The van der Waals surface area contributed by atoms with Crippen molar-refractivity contribution in [1.29, 1.82) is 0 Å². The van der Waals surface area contributed by atoms with Crippen LogP contribution >= 0.6 is 0 Å². The number of hydrogen-bond acceptors (Lipinski definition) is 5. The fourth-order valence-electron chi connectivity index (χ4n) is 4.50. The van der Waals surface area contributed by atoms with Crippen LogP contribution in [0.1, 0.15) is 29.5 Å². The van der Waals surface area contributed by atoms with Gasteiger partial charge < -0.3 is 19.5 Å². The third kappa shape index (κ3) is 4.20. The van der Waals surface area contributed by atoms with Crippen LogP contribution in [0.2, 0.25) is 0 Å². The third-order valence-electron chi connectivity index (χ3n) is 6.22. The van der Waals surface area contributed by atoms with E-state index in [1.54, 1.807) is 35.2 Å². The lowest BCUT2D eigenvalue weighted by molar-refractivity contribution is -0.140. The van der Waals surface area contributed by atoms with Gasteiger partial charge in [0.15, 0.2) is 22.9 Å². The molecule has 1 N–H and O–H groups in total. The number of allylic oxidation sites excluding steroid dienone is 1. The first-order chi connectivity index (χ1) is 16.5. The molecule has 0 unspecified atom stereocenters. The van der Waals surface area contributed by atoms with E-state index in [9.17, 15) is 14.7 Å². The Morgan fingerprint density at radius 2 is 1.76 bits per heavy atom. The number of rotatable bonds is 8. The summed E-state index contributed by atoms with van der Waals surface area (Å²) in [4.78, 5) is 27.7. The molecular weight excluding hydrogens is 430 g/mol. The van der Waals surface area contributed by atoms with Crippen LogP contribution < -0.4 is 14.4 Å². The molecule has 0 aromatic heterocycles. The molecule has 6 nitrogen and oxygen atoms in total. The van der Waals surface area contributed by atoms with E-state index in [-0.39, 0.29) is 19.0 Å². The number of benzene rings is 3. The van der Waals surface area contributed by atoms with Crippen molar-refractivity contribution in [2.45, 2.75) is 24.9 Å². The molecule has 0 bridgehead atoms. The molecule has 0 saturated heterocycles. The van der Waals surface area contributed by atoms with Crippen LogP contribution in [0.5, 0.6) is 11.5 Å². The van der Waals surface area contributed by atoms with Gasteiger partial charge in [0.2, 0.25) is 6.79 Å². The van der Waals surface area contributed by atoms with Crippen molar-refractivity contribution in [3.8, 4) is 11.5 Å². The zero-order valence-corrected chi connectivity index (χ0v) is 18.6. The molecule has 172 valence electrons. The summed E-state index contributed by atoms with van der Waals surface area (Å²) in [5.41, 5.74) is 1.23. The summed E-state index contributed by atoms with van der Waals surface area (Å²) in [6.07, 6.45) is 4.29. The van der Waals surface area contributed by atoms with Gasteiger partial charge in [-0.25, -0.2) is 0 Å². The minimum Gasteiger partial charge on any atom is -0.454 e. The van der Waals surface area contributed by atoms with E-state index in [1.165, 1.54) is 11.6 Å². The molecule has 2 heterocycles. The molecular formula is C28H25NO5. The number of para-hydroxylation sites is 1. The summed E-state index contributed by atoms with van der Waals surface area (Å²) in [5, 5.41) is 11.4. The van der Waals surface area contributed by atoms with E-state index in [2.05, 4.69) is 12.1 Å². The molecule has 3 aromatic rings. The zero-order chi connectivity index (χ0) is 23.5. The van der Waals surface area contributed by atoms with Gasteiger partial charge in [-0.15, -0.1) is 0 Å². The zero-order valence-electron chi connectivity index (χ0n) is 18.6. The number of amides is 1. The minimum absolute atomic E-state index is 0.178. The molecule has 3 aromatic carbocycles. The van der Waals surface area contributed by atoms with Crippen molar-refractivity contribution in [1.82, 2.24) is 0 Å². The van der Waals surface area contributed by atoms with Gasteiger partial charge in [0.25, 0.3) is 5.91 Å². The van der Waals surface area contributed by atoms with Crippen LogP contribution in [0.25, 0.3) is 6.08 Å². The molecule has 0 aliphatic carbocycles. The van der Waals surface area contributed by atoms with Gasteiger partial charge in [-0.05, 0) is 48.2 Å². The molecule has 0 saturated carbocycles. The van der Waals surface area contributed by atoms with Crippen molar-refractivity contribution in [3.05, 3.63) is 95.6 Å². The fraction of sp³-hybridized carbons (Fsp3) is 0.214. The first-order valence-corrected chi connectivity index (χ1v) is 11.3. The summed E-state index contributed by atoms with van der Waals surface area (Å²) >= 11 is 0. The quantitative estimate of drug-likeness (QED) is 0.514. The van der Waals surface area contributed by atoms with Crippen LogP contribution in [0.3, 0.4) is 0 Å². The van der Waals surface area contributed by atoms with E-state index in [0.29, 0.717) is 29.3 Å². The molecule has 1 atom stereocenters. The lowest BCUT2D eigenvalue weighted by Gasteiger charge is -2.22. The lowest BCUT2D eigenvalue weighted by Crippen LogP contribution is -2.42. The highest BCUT2D eigenvalue weighted by Gasteiger charge is 2.50. The number of anilines is 1. The first kappa shape index (κ1) is 21.9. The maximum atomic E-state index is 13.3. The average Bonchev–Trinajstić information content (AvgIpc) is 3.40. The van der Waals surface area contributed by atoms with Gasteiger partial charge in [0.1, 0.15) is 0 Å². The minimum atomic E-state index is -1.88. The maximum absolute atomic E-state index is 13.3. The second-order valence-electron chi connectivity index (χ2n) is 8.51. The number of carbonyl (C=O) groups excluding carboxylic acids is 2. The Morgan fingerprint density at radius 3 is 2.62 bits per heavy atom. The van der Waals surface area contributed by atoms with E-state index < -0.39 is 11.5 Å². The monoisotopic (exact) mass is 455 g/mol. The predicted octanol–water partition coefficient (Wildman–Crippen LogP) is 4.25. The van der Waals surface area contributed by atoms with Crippen molar-refractivity contribution >= 4 is 23.5 Å². The van der Waals surface area contributed by atoms with Gasteiger partial charge in [-0.2, -0.15) is 0 Å². The van der Waals surface area contributed by atoms with E-state index in [4.69, 9.17) is 9.47 Å². The number of hydrogen-bond donors (Lipinski definition) is 1. The molecule has 6 heteroatoms. The molecule has 2 aliphatic rings. The van der Waals surface area contributed by atoms with Crippen LogP contribution in [-0.4, -0.2) is 30.1 Å². The fourth-order valence-corrected chi connectivity index (χ4v) is 4.50. The van der Waals surface area contributed by atoms with Crippen molar-refractivity contribution in [2.24, 2.45) is 0 Å². The summed E-state index contributed by atoms with van der Waals surface area (Å²) in [6.45, 7) is 0.645. The van der Waals surface area contributed by atoms with E-state index >= 15 is 0 Å². The largest absolute Gasteiger partial charge is 0.454 e. The number of nitrogens with zero attached hydrogens (tertiary/aromatic N) is 1. The highest BCUT2D eigenvalue weighted by molar-refractivity contribution is 6.10. The third-order valence-corrected chi connectivity index (χ3v) is 6.22. The maximum Gasteiger partial charge on any atom is 0.264 e. The number of ketones is 1. The van der Waals surface area contributed by atoms with Crippen LogP contribution in [0.4, 0.5) is 5.69 Å². The standard InChI is InChI=1S/C28H25NO5/c30-22(14-12-21-13-15-25-26(17-21)34-19-33-25)18-28(32)23-10-4-5-11-24(23)29(27(28)31)16-6-9-20-7-2-1-3-8-20/h1-5,7-8,10-15,17,32H,6,9,16,18-19H2/b14-12+/t28-/m1/s1. The first-order valence-electron chi connectivity index (χ1n) is 11.3. The topological polar surface area (TPSA) is 76.1 Å². The normalized spacial score (nSPS) is 18.5. The molecule has 0 fully saturated rings. The SMILES string of the molecule is O=C(/C=C/c1ccc2c(c1)OCO2)C[C@]1(O)C(=O)N(CCCc2ccccc2)c2ccccc21. The van der Waals surface area contributed by atoms with Gasteiger partial charge >= 0.3 is 0 Å². The summed E-state index contributed by atoms with van der Waals surface area (Å²) < 4.78 is 10.7. The Morgan fingerprint density at radius 1 is 1.00 bits per heavy atom. The van der Waals surface area contributed by atoms with Crippen molar-refractivity contribution in [3.63, 3.8) is 0 Å². The van der Waals surface area contributed by atoms with E-state index in [0.717, 1.165) is 18.4 Å². The van der Waals surface area contributed by atoms with Crippen LogP contribution in [-0.2, 0) is 21.6 Å². The molecule has 0 radical (unpaired) electrons. The molecule has 34 heavy (non-hydrogen) atoms. The Bertz CT molecular complexity index is 1250. The van der Waals surface area contributed by atoms with Gasteiger partial charge in [0.05, 0.1) is 12.1 Å². The Kier molecular flexibility index (Phi) is 5.90. The number of carbonyl (C=O) groups is 2. The summed E-state index contributed by atoms with van der Waals surface area (Å²) in [6, 6.07) is 22.6. The van der Waals surface area contributed by atoms with Crippen molar-refractivity contribution in [2.75, 3.05) is 18.2 Å². The number of fused-ring (bicyclic) bond motifs is 2. The second-order valence-corrected chi connectivity index (χ2v) is 8.51. The lowest BCUT2D eigenvalue weighted by atomic mass is 9.89. The van der Waals surface area contributed by atoms with Gasteiger partial charge in [0, 0.05) is 12.1 Å². The second kappa shape index (κ2) is 9.15. The number of aliphatic hydroxyl groups is 1. The number of ether oxygens (including phenoxy) is 2. The van der Waals surface area contributed by atoms with Crippen molar-refractivity contribution < 1.29 is 24.2 Å². The Balaban J connectivity index is 1.29. The average molecular weight is 456 g/mol. The van der Waals surface area contributed by atoms with Gasteiger partial charge in [-0.3, -0.25) is 9.59 Å². The molecule has 0 spiro atoms. The number of aryl methyl sites for hydroxylation is 1. The molecule has 5 rings (SSSR count). The smallest absolute Gasteiger partial charge is 0.264 e. The van der Waals surface area contributed by atoms with Gasteiger partial charge in [-0.1, -0.05) is 60.7 Å². The Hall–Kier alpha value is -3.90. The highest BCUT2D eigenvalue weighted by Crippen LogP contribution is 2.42. The van der Waals surface area contributed by atoms with Crippen LogP contribution in [0.15, 0.2) is 78.9 Å². The summed E-state index contributed by atoms with van der Waals surface area (Å²) in [7, 11) is 0. The molecule has 2 aliphatic heterocycles. The predicted molar refractivity (Wildman–Crippen MR) is 129 cm³/mol. The van der Waals surface area contributed by atoms with E-state index in [1.807, 2.05) is 36.4 Å².